The third-order valence-electron chi connectivity index (χ3n) is 3.95. The lowest BCUT2D eigenvalue weighted by molar-refractivity contribution is -0.00521. The van der Waals surface area contributed by atoms with Crippen molar-refractivity contribution in [3.05, 3.63) is 24.3 Å². The number of carbonyl (C=O) groups is 1. The van der Waals surface area contributed by atoms with Crippen molar-refractivity contribution in [1.82, 2.24) is 4.90 Å². The lowest BCUT2D eigenvalue weighted by atomic mass is 10.2. The molecule has 0 saturated carbocycles. The van der Waals surface area contributed by atoms with E-state index in [1.54, 1.807) is 4.90 Å². The summed E-state index contributed by atoms with van der Waals surface area (Å²) in [7, 11) is 0. The van der Waals surface area contributed by atoms with Crippen LogP contribution < -0.4 is 10.2 Å². The minimum Gasteiger partial charge on any atom is -0.372 e. The van der Waals surface area contributed by atoms with Gasteiger partial charge in [-0.2, -0.15) is 0 Å². The van der Waals surface area contributed by atoms with Crippen molar-refractivity contribution in [1.29, 1.82) is 0 Å². The molecule has 0 spiro atoms. The van der Waals surface area contributed by atoms with E-state index in [1.165, 1.54) is 5.69 Å². The molecule has 0 aliphatic carbocycles. The predicted molar refractivity (Wildman–Crippen MR) is 90.6 cm³/mol. The van der Waals surface area contributed by atoms with E-state index in [0.717, 1.165) is 18.8 Å². The van der Waals surface area contributed by atoms with Crippen molar-refractivity contribution in [3.8, 4) is 0 Å². The second-order valence-corrected chi connectivity index (χ2v) is 5.81. The summed E-state index contributed by atoms with van der Waals surface area (Å²) in [5.41, 5.74) is 2.00. The summed E-state index contributed by atoms with van der Waals surface area (Å²) in [6, 6.07) is 7.99. The number of hydrogen-bond acceptors (Lipinski definition) is 3. The van der Waals surface area contributed by atoms with E-state index in [1.807, 2.05) is 26.0 Å². The molecule has 5 nitrogen and oxygen atoms in total. The molecule has 0 radical (unpaired) electrons. The van der Waals surface area contributed by atoms with Crippen LogP contribution in [-0.4, -0.2) is 49.3 Å². The molecule has 2 amide bonds. The Morgan fingerprint density at radius 3 is 2.23 bits per heavy atom. The number of nitrogens with zero attached hydrogens (tertiary/aromatic N) is 2. The van der Waals surface area contributed by atoms with Gasteiger partial charge in [-0.15, -0.1) is 0 Å². The van der Waals surface area contributed by atoms with Gasteiger partial charge < -0.3 is 19.9 Å². The first-order chi connectivity index (χ1) is 10.5. The molecule has 122 valence electrons. The van der Waals surface area contributed by atoms with Gasteiger partial charge in [0.05, 0.1) is 12.2 Å². The van der Waals surface area contributed by atoms with Gasteiger partial charge in [0, 0.05) is 37.6 Å². The Morgan fingerprint density at radius 1 is 1.18 bits per heavy atom. The second-order valence-electron chi connectivity index (χ2n) is 5.81. The first-order valence-electron chi connectivity index (χ1n) is 8.09. The average Bonchev–Trinajstić information content (AvgIpc) is 2.48. The van der Waals surface area contributed by atoms with Gasteiger partial charge in [0.25, 0.3) is 0 Å². The van der Waals surface area contributed by atoms with Crippen molar-refractivity contribution in [3.63, 3.8) is 0 Å². The lowest BCUT2D eigenvalue weighted by Crippen LogP contribution is -2.45. The molecule has 1 aromatic carbocycles. The topological polar surface area (TPSA) is 44.8 Å². The highest BCUT2D eigenvalue weighted by atomic mass is 16.5. The molecular formula is C17H27N3O2. The zero-order valence-electron chi connectivity index (χ0n) is 14.0. The highest BCUT2D eigenvalue weighted by Gasteiger charge is 2.22. The van der Waals surface area contributed by atoms with E-state index in [-0.39, 0.29) is 18.2 Å². The summed E-state index contributed by atoms with van der Waals surface area (Å²) >= 11 is 0. The van der Waals surface area contributed by atoms with Crippen molar-refractivity contribution in [2.24, 2.45) is 0 Å². The quantitative estimate of drug-likeness (QED) is 0.929. The molecule has 1 aliphatic heterocycles. The number of rotatable bonds is 4. The largest absolute Gasteiger partial charge is 0.372 e. The number of urea groups is 1. The predicted octanol–water partition coefficient (Wildman–Crippen LogP) is 3.17. The SMILES string of the molecule is CCN(CC)C(=O)Nc1ccc(N2C[C@H](C)O[C@@H](C)C2)cc1. The molecule has 1 aliphatic rings. The van der Waals surface area contributed by atoms with Crippen LogP contribution in [0.2, 0.25) is 0 Å². The van der Waals surface area contributed by atoms with E-state index >= 15 is 0 Å². The zero-order chi connectivity index (χ0) is 16.1. The number of hydrogen-bond donors (Lipinski definition) is 1. The molecule has 1 aromatic rings. The monoisotopic (exact) mass is 305 g/mol. The average molecular weight is 305 g/mol. The summed E-state index contributed by atoms with van der Waals surface area (Å²) in [5, 5.41) is 2.94. The first kappa shape index (κ1) is 16.6. The van der Waals surface area contributed by atoms with Crippen molar-refractivity contribution >= 4 is 17.4 Å². The molecule has 1 N–H and O–H groups in total. The molecular weight excluding hydrogens is 278 g/mol. The van der Waals surface area contributed by atoms with Crippen LogP contribution >= 0.6 is 0 Å². The van der Waals surface area contributed by atoms with Gasteiger partial charge in [-0.1, -0.05) is 0 Å². The molecule has 1 heterocycles. The minimum atomic E-state index is -0.0497. The second kappa shape index (κ2) is 7.49. The Balaban J connectivity index is 1.99. The summed E-state index contributed by atoms with van der Waals surface area (Å²) < 4.78 is 5.76. The Kier molecular flexibility index (Phi) is 5.66. The van der Waals surface area contributed by atoms with Gasteiger partial charge in [-0.05, 0) is 52.0 Å². The van der Waals surface area contributed by atoms with Crippen LogP contribution in [0.5, 0.6) is 0 Å². The molecule has 2 atom stereocenters. The highest BCUT2D eigenvalue weighted by molar-refractivity contribution is 5.89. The van der Waals surface area contributed by atoms with Gasteiger partial charge in [0.1, 0.15) is 0 Å². The standard InChI is InChI=1S/C17H27N3O2/c1-5-19(6-2)17(21)18-15-7-9-16(10-8-15)20-11-13(3)22-14(4)12-20/h7-10,13-14H,5-6,11-12H2,1-4H3,(H,18,21)/t13-,14-/m0/s1. The van der Waals surface area contributed by atoms with Crippen molar-refractivity contribution in [2.45, 2.75) is 39.9 Å². The fraction of sp³-hybridized carbons (Fsp3) is 0.588. The third-order valence-corrected chi connectivity index (χ3v) is 3.95. The number of morpholine rings is 1. The fourth-order valence-corrected chi connectivity index (χ4v) is 2.86. The van der Waals surface area contributed by atoms with Crippen LogP contribution in [-0.2, 0) is 4.74 Å². The smallest absolute Gasteiger partial charge is 0.321 e. The lowest BCUT2D eigenvalue weighted by Gasteiger charge is -2.36. The van der Waals surface area contributed by atoms with E-state index in [9.17, 15) is 4.79 Å². The normalized spacial score (nSPS) is 21.5. The van der Waals surface area contributed by atoms with Crippen LogP contribution in [0.1, 0.15) is 27.7 Å². The number of amides is 2. The summed E-state index contributed by atoms with van der Waals surface area (Å²) in [6.07, 6.45) is 0.483. The van der Waals surface area contributed by atoms with E-state index in [0.29, 0.717) is 13.1 Å². The molecule has 1 fully saturated rings. The number of ether oxygens (including phenoxy) is 1. The van der Waals surface area contributed by atoms with Gasteiger partial charge >= 0.3 is 6.03 Å². The number of benzene rings is 1. The zero-order valence-corrected chi connectivity index (χ0v) is 14.0. The van der Waals surface area contributed by atoms with Gasteiger partial charge in [0.15, 0.2) is 0 Å². The first-order valence-corrected chi connectivity index (χ1v) is 8.09. The van der Waals surface area contributed by atoms with Crippen molar-refractivity contribution < 1.29 is 9.53 Å². The Hall–Kier alpha value is -1.75. The third kappa shape index (κ3) is 4.13. The van der Waals surface area contributed by atoms with E-state index < -0.39 is 0 Å². The number of anilines is 2. The molecule has 0 aromatic heterocycles. The van der Waals surface area contributed by atoms with Gasteiger partial charge in [-0.25, -0.2) is 4.79 Å². The minimum absolute atomic E-state index is 0.0497. The van der Waals surface area contributed by atoms with Crippen molar-refractivity contribution in [2.75, 3.05) is 36.4 Å². The maximum atomic E-state index is 12.0. The summed E-state index contributed by atoms with van der Waals surface area (Å²) in [6.45, 7) is 11.4. The molecule has 0 bridgehead atoms. The molecule has 22 heavy (non-hydrogen) atoms. The van der Waals surface area contributed by atoms with Crippen LogP contribution in [0.25, 0.3) is 0 Å². The van der Waals surface area contributed by atoms with Crippen LogP contribution in [0, 0.1) is 0 Å². The van der Waals surface area contributed by atoms with Crippen LogP contribution in [0.4, 0.5) is 16.2 Å². The van der Waals surface area contributed by atoms with E-state index in [2.05, 4.69) is 36.2 Å². The van der Waals surface area contributed by atoms with Gasteiger partial charge in [-0.3, -0.25) is 0 Å². The molecule has 0 unspecified atom stereocenters. The molecule has 2 rings (SSSR count). The Morgan fingerprint density at radius 2 is 1.73 bits per heavy atom. The van der Waals surface area contributed by atoms with Crippen LogP contribution in [0.3, 0.4) is 0 Å². The summed E-state index contributed by atoms with van der Waals surface area (Å²) in [5.74, 6) is 0. The maximum Gasteiger partial charge on any atom is 0.321 e. The molecule has 1 saturated heterocycles. The Bertz CT molecular complexity index is 475. The van der Waals surface area contributed by atoms with E-state index in [4.69, 9.17) is 4.74 Å². The van der Waals surface area contributed by atoms with Crippen LogP contribution in [0.15, 0.2) is 24.3 Å². The maximum absolute atomic E-state index is 12.0. The number of carbonyl (C=O) groups excluding carboxylic acids is 1. The molecule has 5 heteroatoms. The number of nitrogens with one attached hydrogen (secondary N) is 1. The van der Waals surface area contributed by atoms with Gasteiger partial charge in [0.2, 0.25) is 0 Å². The fourth-order valence-electron chi connectivity index (χ4n) is 2.86. The summed E-state index contributed by atoms with van der Waals surface area (Å²) in [4.78, 5) is 16.1. The Labute approximate surface area is 133 Å². The highest BCUT2D eigenvalue weighted by Crippen LogP contribution is 2.22.